The lowest BCUT2D eigenvalue weighted by molar-refractivity contribution is -0.146. The van der Waals surface area contributed by atoms with E-state index in [0.29, 0.717) is 6.54 Å². The van der Waals surface area contributed by atoms with Gasteiger partial charge in [-0.05, 0) is 32.9 Å². The van der Waals surface area contributed by atoms with Crippen molar-refractivity contribution in [3.63, 3.8) is 0 Å². The maximum Gasteiger partial charge on any atom is 0.315 e. The van der Waals surface area contributed by atoms with Gasteiger partial charge < -0.3 is 15.7 Å². The fourth-order valence-electron chi connectivity index (χ4n) is 1.31. The van der Waals surface area contributed by atoms with Crippen molar-refractivity contribution >= 4 is 12.0 Å². The van der Waals surface area contributed by atoms with Gasteiger partial charge in [0.15, 0.2) is 0 Å². The Hall–Kier alpha value is -2.11. The van der Waals surface area contributed by atoms with Gasteiger partial charge >= 0.3 is 12.0 Å². The van der Waals surface area contributed by atoms with Crippen molar-refractivity contribution in [1.82, 2.24) is 15.6 Å². The van der Waals surface area contributed by atoms with Gasteiger partial charge in [-0.3, -0.25) is 9.78 Å². The quantitative estimate of drug-likeness (QED) is 0.748. The third-order valence-corrected chi connectivity index (χ3v) is 2.65. The average molecular weight is 265 g/mol. The number of amides is 2. The Morgan fingerprint density at radius 2 is 2.00 bits per heavy atom. The topological polar surface area (TPSA) is 91.3 Å². The number of carbonyl (C=O) groups is 2. The number of aromatic nitrogens is 1. The summed E-state index contributed by atoms with van der Waals surface area (Å²) in [5.41, 5.74) is 0.651. The Labute approximate surface area is 112 Å². The van der Waals surface area contributed by atoms with E-state index >= 15 is 0 Å². The molecular weight excluding hydrogens is 246 g/mol. The minimum absolute atomic E-state index is 0.0649. The summed E-state index contributed by atoms with van der Waals surface area (Å²) < 4.78 is 0. The SMILES string of the molecule is Cc1cccc(CNC(=O)NCC(C)(C)C(=O)O)n1. The molecule has 1 aromatic rings. The summed E-state index contributed by atoms with van der Waals surface area (Å²) in [5, 5.41) is 14.1. The van der Waals surface area contributed by atoms with Crippen LogP contribution in [0.5, 0.6) is 0 Å². The summed E-state index contributed by atoms with van der Waals surface area (Å²) in [6.45, 7) is 5.35. The van der Waals surface area contributed by atoms with Crippen LogP contribution in [0.4, 0.5) is 4.79 Å². The molecule has 1 aromatic heterocycles. The highest BCUT2D eigenvalue weighted by Gasteiger charge is 2.27. The first kappa shape index (κ1) is 14.9. The van der Waals surface area contributed by atoms with E-state index in [9.17, 15) is 9.59 Å². The standard InChI is InChI=1S/C13H19N3O3/c1-9-5-4-6-10(16-9)7-14-12(19)15-8-13(2,3)11(17)18/h4-6H,7-8H2,1-3H3,(H,17,18)(H2,14,15,19). The smallest absolute Gasteiger partial charge is 0.315 e. The number of carboxylic acid groups (broad SMARTS) is 1. The lowest BCUT2D eigenvalue weighted by Crippen LogP contribution is -2.43. The van der Waals surface area contributed by atoms with E-state index in [-0.39, 0.29) is 6.54 Å². The molecule has 0 fully saturated rings. The van der Waals surface area contributed by atoms with Crippen LogP contribution in [-0.2, 0) is 11.3 Å². The Bertz CT molecular complexity index is 472. The van der Waals surface area contributed by atoms with Gasteiger partial charge in [-0.25, -0.2) is 4.79 Å². The average Bonchev–Trinajstić information content (AvgIpc) is 2.34. The molecule has 0 aliphatic heterocycles. The van der Waals surface area contributed by atoms with E-state index in [4.69, 9.17) is 5.11 Å². The largest absolute Gasteiger partial charge is 0.481 e. The first-order valence-electron chi connectivity index (χ1n) is 5.99. The molecule has 6 heteroatoms. The van der Waals surface area contributed by atoms with E-state index in [2.05, 4.69) is 15.6 Å². The Kier molecular flexibility index (Phi) is 4.86. The van der Waals surface area contributed by atoms with Crippen LogP contribution >= 0.6 is 0 Å². The molecule has 0 aromatic carbocycles. The van der Waals surface area contributed by atoms with Gasteiger partial charge in [-0.1, -0.05) is 6.07 Å². The van der Waals surface area contributed by atoms with Crippen LogP contribution in [0.1, 0.15) is 25.2 Å². The van der Waals surface area contributed by atoms with Crippen LogP contribution in [0.15, 0.2) is 18.2 Å². The third-order valence-electron chi connectivity index (χ3n) is 2.65. The van der Waals surface area contributed by atoms with Gasteiger partial charge in [0.05, 0.1) is 17.7 Å². The number of aliphatic carboxylic acids is 1. The molecule has 2 amide bonds. The fourth-order valence-corrected chi connectivity index (χ4v) is 1.31. The molecule has 0 aliphatic rings. The highest BCUT2D eigenvalue weighted by atomic mass is 16.4. The maximum atomic E-state index is 11.5. The number of pyridine rings is 1. The number of aryl methyl sites for hydroxylation is 1. The molecule has 0 spiro atoms. The number of carbonyl (C=O) groups excluding carboxylic acids is 1. The lowest BCUT2D eigenvalue weighted by atomic mass is 9.94. The summed E-state index contributed by atoms with van der Waals surface area (Å²) in [6, 6.07) is 5.15. The van der Waals surface area contributed by atoms with E-state index in [1.165, 1.54) is 0 Å². The van der Waals surface area contributed by atoms with E-state index in [1.54, 1.807) is 13.8 Å². The van der Waals surface area contributed by atoms with Crippen molar-refractivity contribution in [2.45, 2.75) is 27.3 Å². The zero-order valence-corrected chi connectivity index (χ0v) is 11.4. The summed E-state index contributed by atoms with van der Waals surface area (Å²) >= 11 is 0. The lowest BCUT2D eigenvalue weighted by Gasteiger charge is -2.19. The first-order valence-corrected chi connectivity index (χ1v) is 5.99. The maximum absolute atomic E-state index is 11.5. The molecule has 0 radical (unpaired) electrons. The minimum Gasteiger partial charge on any atom is -0.481 e. The van der Waals surface area contributed by atoms with Gasteiger partial charge in [0.1, 0.15) is 0 Å². The molecule has 0 unspecified atom stereocenters. The second-order valence-corrected chi connectivity index (χ2v) is 5.00. The van der Waals surface area contributed by atoms with Crippen molar-refractivity contribution in [3.8, 4) is 0 Å². The Balaban J connectivity index is 2.39. The molecule has 0 bridgehead atoms. The third kappa shape index (κ3) is 4.95. The second kappa shape index (κ2) is 6.17. The number of hydrogen-bond acceptors (Lipinski definition) is 3. The van der Waals surface area contributed by atoms with Gasteiger partial charge in [0.2, 0.25) is 0 Å². The van der Waals surface area contributed by atoms with Crippen LogP contribution in [0.25, 0.3) is 0 Å². The monoisotopic (exact) mass is 265 g/mol. The molecular formula is C13H19N3O3. The molecule has 0 saturated carbocycles. The summed E-state index contributed by atoms with van der Waals surface area (Å²) in [4.78, 5) is 26.6. The highest BCUT2D eigenvalue weighted by molar-refractivity contribution is 5.77. The van der Waals surface area contributed by atoms with Gasteiger partial charge in [-0.15, -0.1) is 0 Å². The van der Waals surface area contributed by atoms with Crippen LogP contribution in [0.2, 0.25) is 0 Å². The van der Waals surface area contributed by atoms with Gasteiger partial charge in [0, 0.05) is 12.2 Å². The molecule has 1 heterocycles. The van der Waals surface area contributed by atoms with E-state index in [0.717, 1.165) is 11.4 Å². The van der Waals surface area contributed by atoms with Gasteiger partial charge in [0.25, 0.3) is 0 Å². The number of urea groups is 1. The number of nitrogens with one attached hydrogen (secondary N) is 2. The molecule has 1 rings (SSSR count). The van der Waals surface area contributed by atoms with Crippen molar-refractivity contribution in [2.24, 2.45) is 5.41 Å². The number of carboxylic acids is 1. The van der Waals surface area contributed by atoms with Crippen LogP contribution in [-0.4, -0.2) is 28.6 Å². The number of hydrogen-bond donors (Lipinski definition) is 3. The van der Waals surface area contributed by atoms with Crippen LogP contribution in [0.3, 0.4) is 0 Å². The molecule has 0 saturated heterocycles. The predicted molar refractivity (Wildman–Crippen MR) is 70.6 cm³/mol. The minimum atomic E-state index is -0.987. The molecule has 3 N–H and O–H groups in total. The van der Waals surface area contributed by atoms with Crippen molar-refractivity contribution in [2.75, 3.05) is 6.54 Å². The van der Waals surface area contributed by atoms with Crippen molar-refractivity contribution in [1.29, 1.82) is 0 Å². The molecule has 104 valence electrons. The molecule has 6 nitrogen and oxygen atoms in total. The molecule has 0 atom stereocenters. The van der Waals surface area contributed by atoms with Crippen LogP contribution < -0.4 is 10.6 Å². The van der Waals surface area contributed by atoms with Crippen LogP contribution in [0, 0.1) is 12.3 Å². The van der Waals surface area contributed by atoms with Crippen molar-refractivity contribution in [3.05, 3.63) is 29.6 Å². The van der Waals surface area contributed by atoms with E-state index < -0.39 is 17.4 Å². The molecule has 19 heavy (non-hydrogen) atoms. The van der Waals surface area contributed by atoms with Gasteiger partial charge in [-0.2, -0.15) is 0 Å². The zero-order chi connectivity index (χ0) is 14.5. The Morgan fingerprint density at radius 3 is 2.58 bits per heavy atom. The summed E-state index contributed by atoms with van der Waals surface area (Å²) in [5.74, 6) is -0.951. The van der Waals surface area contributed by atoms with E-state index in [1.807, 2.05) is 25.1 Å². The normalized spacial score (nSPS) is 10.9. The zero-order valence-electron chi connectivity index (χ0n) is 11.4. The number of nitrogens with zero attached hydrogens (tertiary/aromatic N) is 1. The fraction of sp³-hybridized carbons (Fsp3) is 0.462. The second-order valence-electron chi connectivity index (χ2n) is 5.00. The summed E-state index contributed by atoms with van der Waals surface area (Å²) in [6.07, 6.45) is 0. The number of rotatable bonds is 5. The Morgan fingerprint density at radius 1 is 1.32 bits per heavy atom. The summed E-state index contributed by atoms with van der Waals surface area (Å²) in [7, 11) is 0. The molecule has 0 aliphatic carbocycles. The van der Waals surface area contributed by atoms with Crippen molar-refractivity contribution < 1.29 is 14.7 Å². The first-order chi connectivity index (χ1) is 8.81. The predicted octanol–water partition coefficient (Wildman–Crippen LogP) is 1.30. The highest BCUT2D eigenvalue weighted by Crippen LogP contribution is 2.12.